The summed E-state index contributed by atoms with van der Waals surface area (Å²) in [5, 5.41) is 7.56. The molecule has 1 aromatic heterocycles. The number of nitrogens with one attached hydrogen (secondary N) is 1. The number of rotatable bonds is 4. The molecule has 5 nitrogen and oxygen atoms in total. The van der Waals surface area contributed by atoms with Gasteiger partial charge in [-0.1, -0.05) is 28.8 Å². The van der Waals surface area contributed by atoms with Crippen LogP contribution < -0.4 is 11.1 Å². The quantitative estimate of drug-likeness (QED) is 0.783. The highest BCUT2D eigenvalue weighted by atomic mass is 79.9. The highest BCUT2D eigenvalue weighted by Crippen LogP contribution is 2.24. The number of carbonyl (C=O) groups is 1. The van der Waals surface area contributed by atoms with Gasteiger partial charge in [0.25, 0.3) is 5.91 Å². The summed E-state index contributed by atoms with van der Waals surface area (Å²) in [5.41, 5.74) is 8.26. The van der Waals surface area contributed by atoms with Crippen LogP contribution in [0.3, 0.4) is 0 Å². The van der Waals surface area contributed by atoms with E-state index in [9.17, 15) is 4.79 Å². The molecule has 0 bridgehead atoms. The summed E-state index contributed by atoms with van der Waals surface area (Å²) in [5.74, 6) is 0.325. The van der Waals surface area contributed by atoms with Crippen LogP contribution in [0.15, 0.2) is 34.9 Å². The van der Waals surface area contributed by atoms with Crippen molar-refractivity contribution in [2.24, 2.45) is 11.7 Å². The number of amides is 1. The lowest BCUT2D eigenvalue weighted by molar-refractivity contribution is 0.0907. The molecular formula is C18H24BrClN4O. The Kier molecular flexibility index (Phi) is 7.04. The second-order valence-electron chi connectivity index (χ2n) is 6.39. The molecule has 1 aliphatic rings. The number of carbonyl (C=O) groups excluding carboxylic acids is 1. The molecule has 7 heteroatoms. The van der Waals surface area contributed by atoms with E-state index < -0.39 is 0 Å². The number of hydrogen-bond acceptors (Lipinski definition) is 3. The van der Waals surface area contributed by atoms with Gasteiger partial charge >= 0.3 is 0 Å². The van der Waals surface area contributed by atoms with Crippen LogP contribution in [-0.2, 0) is 0 Å². The standard InChI is InChI=1S/C18H23BrN4O.ClH/c1-12-16(11-21-23(12)15-8-6-14(19)7-9-15)18(24)22-17-5-3-2-4-13(17)10-20;/h6-9,11,13,17H,2-5,10,20H2,1H3,(H,22,24);1H. The first-order valence-electron chi connectivity index (χ1n) is 8.41. The Bertz CT molecular complexity index is 716. The van der Waals surface area contributed by atoms with Gasteiger partial charge in [-0.25, -0.2) is 4.68 Å². The smallest absolute Gasteiger partial charge is 0.254 e. The molecule has 3 rings (SSSR count). The summed E-state index contributed by atoms with van der Waals surface area (Å²) in [7, 11) is 0. The zero-order valence-corrected chi connectivity index (χ0v) is 16.6. The van der Waals surface area contributed by atoms with Crippen LogP contribution in [0, 0.1) is 12.8 Å². The second kappa shape index (κ2) is 8.83. The maximum atomic E-state index is 12.7. The lowest BCUT2D eigenvalue weighted by Gasteiger charge is -2.31. The van der Waals surface area contributed by atoms with Gasteiger partial charge in [0.15, 0.2) is 0 Å². The minimum Gasteiger partial charge on any atom is -0.349 e. The van der Waals surface area contributed by atoms with Gasteiger partial charge in [0.1, 0.15) is 0 Å². The van der Waals surface area contributed by atoms with E-state index in [4.69, 9.17) is 5.73 Å². The van der Waals surface area contributed by atoms with E-state index in [1.54, 1.807) is 10.9 Å². The van der Waals surface area contributed by atoms with Crippen LogP contribution in [0.2, 0.25) is 0 Å². The van der Waals surface area contributed by atoms with Crippen LogP contribution in [0.5, 0.6) is 0 Å². The molecule has 0 aliphatic heterocycles. The van der Waals surface area contributed by atoms with Crippen molar-refractivity contribution in [2.75, 3.05) is 6.54 Å². The number of nitrogens with two attached hydrogens (primary N) is 1. The first-order chi connectivity index (χ1) is 11.6. The summed E-state index contributed by atoms with van der Waals surface area (Å²) < 4.78 is 2.81. The Morgan fingerprint density at radius 2 is 2.00 bits per heavy atom. The number of halogens is 2. The highest BCUT2D eigenvalue weighted by molar-refractivity contribution is 9.10. The molecule has 1 saturated carbocycles. The monoisotopic (exact) mass is 426 g/mol. The van der Waals surface area contributed by atoms with Crippen molar-refractivity contribution in [1.29, 1.82) is 0 Å². The number of hydrogen-bond donors (Lipinski definition) is 2. The first-order valence-corrected chi connectivity index (χ1v) is 9.21. The Morgan fingerprint density at radius 3 is 2.68 bits per heavy atom. The second-order valence-corrected chi connectivity index (χ2v) is 7.31. The molecule has 136 valence electrons. The Morgan fingerprint density at radius 1 is 1.32 bits per heavy atom. The predicted molar refractivity (Wildman–Crippen MR) is 106 cm³/mol. The third-order valence-electron chi connectivity index (χ3n) is 4.85. The molecule has 2 atom stereocenters. The minimum atomic E-state index is -0.0544. The van der Waals surface area contributed by atoms with Crippen molar-refractivity contribution in [3.05, 3.63) is 46.2 Å². The van der Waals surface area contributed by atoms with Gasteiger partial charge in [-0.15, -0.1) is 12.4 Å². The molecule has 0 saturated heterocycles. The number of aromatic nitrogens is 2. The molecule has 25 heavy (non-hydrogen) atoms. The Hall–Kier alpha value is -1.37. The summed E-state index contributed by atoms with van der Waals surface area (Å²) in [6, 6.07) is 8.04. The first kappa shape index (κ1) is 19.9. The largest absolute Gasteiger partial charge is 0.349 e. The molecule has 0 spiro atoms. The van der Waals surface area contributed by atoms with Crippen LogP contribution in [0.25, 0.3) is 5.69 Å². The molecule has 0 radical (unpaired) electrons. The van der Waals surface area contributed by atoms with E-state index >= 15 is 0 Å². The van der Waals surface area contributed by atoms with Crippen molar-refractivity contribution >= 4 is 34.2 Å². The zero-order chi connectivity index (χ0) is 17.1. The SMILES string of the molecule is Cc1c(C(=O)NC2CCCCC2CN)cnn1-c1ccc(Br)cc1.Cl. The average Bonchev–Trinajstić information content (AvgIpc) is 2.98. The predicted octanol–water partition coefficient (Wildman–Crippen LogP) is 3.61. The summed E-state index contributed by atoms with van der Waals surface area (Å²) in [4.78, 5) is 12.7. The molecule has 2 unspecified atom stereocenters. The highest BCUT2D eigenvalue weighted by Gasteiger charge is 2.26. The molecular weight excluding hydrogens is 404 g/mol. The number of nitrogens with zero attached hydrogens (tertiary/aromatic N) is 2. The van der Waals surface area contributed by atoms with Crippen LogP contribution in [0.4, 0.5) is 0 Å². The van der Waals surface area contributed by atoms with E-state index in [-0.39, 0.29) is 24.4 Å². The summed E-state index contributed by atoms with van der Waals surface area (Å²) in [6.07, 6.45) is 6.10. The maximum Gasteiger partial charge on any atom is 0.254 e. The molecule has 3 N–H and O–H groups in total. The van der Waals surface area contributed by atoms with Gasteiger partial charge in [-0.2, -0.15) is 5.10 Å². The fraction of sp³-hybridized carbons (Fsp3) is 0.444. The van der Waals surface area contributed by atoms with E-state index in [1.807, 2.05) is 31.2 Å². The van der Waals surface area contributed by atoms with E-state index in [0.717, 1.165) is 35.1 Å². The number of benzene rings is 1. The van der Waals surface area contributed by atoms with Gasteiger partial charge < -0.3 is 11.1 Å². The van der Waals surface area contributed by atoms with Gasteiger partial charge in [0.05, 0.1) is 23.1 Å². The summed E-state index contributed by atoms with van der Waals surface area (Å²) in [6.45, 7) is 2.55. The molecule has 1 aromatic carbocycles. The molecule has 2 aromatic rings. The van der Waals surface area contributed by atoms with E-state index in [1.165, 1.54) is 6.42 Å². The third kappa shape index (κ3) is 4.43. The van der Waals surface area contributed by atoms with Crippen LogP contribution in [0.1, 0.15) is 41.7 Å². The van der Waals surface area contributed by atoms with Gasteiger partial charge in [0.2, 0.25) is 0 Å². The van der Waals surface area contributed by atoms with Crippen molar-refractivity contribution in [3.63, 3.8) is 0 Å². The van der Waals surface area contributed by atoms with Crippen LogP contribution >= 0.6 is 28.3 Å². The van der Waals surface area contributed by atoms with E-state index in [0.29, 0.717) is 18.0 Å². The molecule has 1 heterocycles. The Balaban J connectivity index is 0.00000225. The topological polar surface area (TPSA) is 72.9 Å². The molecule has 1 amide bonds. The lowest BCUT2D eigenvalue weighted by Crippen LogP contribution is -2.44. The van der Waals surface area contributed by atoms with Gasteiger partial charge in [-0.3, -0.25) is 4.79 Å². The van der Waals surface area contributed by atoms with Gasteiger partial charge in [-0.05, 0) is 56.5 Å². The fourth-order valence-corrected chi connectivity index (χ4v) is 3.67. The maximum absolute atomic E-state index is 12.7. The van der Waals surface area contributed by atoms with Crippen LogP contribution in [-0.4, -0.2) is 28.3 Å². The van der Waals surface area contributed by atoms with E-state index in [2.05, 4.69) is 26.3 Å². The Labute approximate surface area is 162 Å². The van der Waals surface area contributed by atoms with Crippen molar-refractivity contribution < 1.29 is 4.79 Å². The average molecular weight is 428 g/mol. The van der Waals surface area contributed by atoms with Crippen molar-refractivity contribution in [2.45, 2.75) is 38.6 Å². The van der Waals surface area contributed by atoms with Crippen molar-refractivity contribution in [3.8, 4) is 5.69 Å². The fourth-order valence-electron chi connectivity index (χ4n) is 3.40. The summed E-state index contributed by atoms with van der Waals surface area (Å²) >= 11 is 3.43. The normalized spacial score (nSPS) is 20.0. The van der Waals surface area contributed by atoms with Gasteiger partial charge in [0, 0.05) is 10.5 Å². The third-order valence-corrected chi connectivity index (χ3v) is 5.38. The molecule has 1 fully saturated rings. The lowest BCUT2D eigenvalue weighted by atomic mass is 9.84. The van der Waals surface area contributed by atoms with Crippen molar-refractivity contribution in [1.82, 2.24) is 15.1 Å². The molecule has 1 aliphatic carbocycles. The zero-order valence-electron chi connectivity index (χ0n) is 14.2. The minimum absolute atomic E-state index is 0.